The molecule has 7 heteroatoms. The van der Waals surface area contributed by atoms with E-state index in [9.17, 15) is 4.79 Å². The summed E-state index contributed by atoms with van der Waals surface area (Å²) in [5.74, 6) is 0.536. The van der Waals surface area contributed by atoms with Crippen molar-refractivity contribution in [1.29, 1.82) is 0 Å². The van der Waals surface area contributed by atoms with Crippen LogP contribution in [0.5, 0.6) is 0 Å². The molecule has 0 saturated heterocycles. The molecule has 2 aliphatic carbocycles. The summed E-state index contributed by atoms with van der Waals surface area (Å²) in [4.78, 5) is 13.3. The number of fused-ring (bicyclic) bond motifs is 3. The maximum absolute atomic E-state index is 13.3. The van der Waals surface area contributed by atoms with Crippen molar-refractivity contribution in [3.63, 3.8) is 0 Å². The molecule has 0 spiro atoms. The Morgan fingerprint density at radius 3 is 2.28 bits per heavy atom. The van der Waals surface area contributed by atoms with E-state index in [1.54, 1.807) is 4.68 Å². The quantitative estimate of drug-likeness (QED) is 0.603. The van der Waals surface area contributed by atoms with E-state index in [1.807, 2.05) is 18.2 Å². The topological polar surface area (TPSA) is 65.6 Å². The van der Waals surface area contributed by atoms with Gasteiger partial charge < -0.3 is 0 Å². The van der Waals surface area contributed by atoms with E-state index in [-0.39, 0.29) is 5.91 Å². The highest BCUT2D eigenvalue weighted by Gasteiger charge is 2.28. The average Bonchev–Trinajstić information content (AvgIpc) is 3.35. The molecule has 29 heavy (non-hydrogen) atoms. The van der Waals surface area contributed by atoms with Crippen molar-refractivity contribution in [2.75, 3.05) is 5.75 Å². The molecule has 2 heterocycles. The van der Waals surface area contributed by atoms with Gasteiger partial charge in [-0.3, -0.25) is 9.36 Å². The predicted molar refractivity (Wildman–Crippen MR) is 112 cm³/mol. The standard InChI is InChI=1S/C22H25N5OS/c28-21(15-29-22-23-24-25-26(22)14-16-8-2-1-3-9-16)27-19-12-6-4-10-17(19)18-11-5-7-13-20(18)27/h1-3,8-9H,4-7,10-15H2. The molecule has 2 aromatic heterocycles. The number of hydrogen-bond acceptors (Lipinski definition) is 5. The Kier molecular flexibility index (Phi) is 5.23. The second-order valence-electron chi connectivity index (χ2n) is 7.89. The molecule has 0 atom stereocenters. The Labute approximate surface area is 174 Å². The van der Waals surface area contributed by atoms with Gasteiger partial charge in [0.25, 0.3) is 0 Å². The van der Waals surface area contributed by atoms with Gasteiger partial charge in [0.05, 0.1) is 12.3 Å². The van der Waals surface area contributed by atoms with Crippen molar-refractivity contribution in [3.05, 3.63) is 58.4 Å². The van der Waals surface area contributed by atoms with Crippen LogP contribution in [0.25, 0.3) is 0 Å². The highest BCUT2D eigenvalue weighted by Crippen LogP contribution is 2.35. The third-order valence-corrected chi connectivity index (χ3v) is 6.97. The van der Waals surface area contributed by atoms with Crippen LogP contribution in [-0.2, 0) is 32.2 Å². The first-order valence-corrected chi connectivity index (χ1v) is 11.5. The number of rotatable bonds is 5. The molecule has 0 amide bonds. The van der Waals surface area contributed by atoms with E-state index in [2.05, 4.69) is 32.2 Å². The van der Waals surface area contributed by atoms with Gasteiger partial charge in [-0.1, -0.05) is 42.1 Å². The highest BCUT2D eigenvalue weighted by molar-refractivity contribution is 7.99. The fourth-order valence-electron chi connectivity index (χ4n) is 4.73. The summed E-state index contributed by atoms with van der Waals surface area (Å²) in [6, 6.07) is 10.1. The maximum atomic E-state index is 13.3. The second-order valence-corrected chi connectivity index (χ2v) is 8.83. The number of thioether (sulfide) groups is 1. The number of benzene rings is 1. The Morgan fingerprint density at radius 1 is 0.931 bits per heavy atom. The molecule has 150 valence electrons. The molecule has 0 unspecified atom stereocenters. The summed E-state index contributed by atoms with van der Waals surface area (Å²) < 4.78 is 3.84. The highest BCUT2D eigenvalue weighted by atomic mass is 32.2. The van der Waals surface area contributed by atoms with Crippen LogP contribution in [0.3, 0.4) is 0 Å². The molecular formula is C22H25N5OS. The zero-order chi connectivity index (χ0) is 19.6. The number of hydrogen-bond donors (Lipinski definition) is 0. The molecule has 0 aliphatic heterocycles. The molecule has 3 aromatic rings. The van der Waals surface area contributed by atoms with E-state index in [1.165, 1.54) is 60.0 Å². The molecule has 2 aliphatic rings. The maximum Gasteiger partial charge on any atom is 0.241 e. The van der Waals surface area contributed by atoms with Crippen LogP contribution in [0.2, 0.25) is 0 Å². The summed E-state index contributed by atoms with van der Waals surface area (Å²) in [6.07, 6.45) is 9.22. The van der Waals surface area contributed by atoms with Gasteiger partial charge in [0.2, 0.25) is 11.1 Å². The number of carbonyl (C=O) groups is 1. The smallest absolute Gasteiger partial charge is 0.241 e. The fraction of sp³-hybridized carbons (Fsp3) is 0.455. The summed E-state index contributed by atoms with van der Waals surface area (Å²) in [5.41, 5.74) is 6.69. The van der Waals surface area contributed by atoms with Crippen LogP contribution >= 0.6 is 11.8 Å². The Morgan fingerprint density at radius 2 is 1.59 bits per heavy atom. The van der Waals surface area contributed by atoms with E-state index >= 15 is 0 Å². The van der Waals surface area contributed by atoms with Crippen molar-refractivity contribution >= 4 is 17.7 Å². The minimum atomic E-state index is 0.172. The molecule has 0 fully saturated rings. The minimum absolute atomic E-state index is 0.172. The van der Waals surface area contributed by atoms with Crippen molar-refractivity contribution in [1.82, 2.24) is 24.8 Å². The fourth-order valence-corrected chi connectivity index (χ4v) is 5.46. The summed E-state index contributed by atoms with van der Waals surface area (Å²) >= 11 is 1.44. The van der Waals surface area contributed by atoms with Gasteiger partial charge in [-0.25, -0.2) is 4.68 Å². The monoisotopic (exact) mass is 407 g/mol. The number of aromatic nitrogens is 5. The Bertz CT molecular complexity index is 990. The number of nitrogens with zero attached hydrogens (tertiary/aromatic N) is 5. The SMILES string of the molecule is O=C(CSc1nnnn1Cc1ccccc1)n1c2c(c3c1CCCC3)CCCC2. The molecule has 0 bridgehead atoms. The van der Waals surface area contributed by atoms with Crippen LogP contribution in [-0.4, -0.2) is 36.4 Å². The van der Waals surface area contributed by atoms with Crippen molar-refractivity contribution < 1.29 is 4.79 Å². The third-order valence-electron chi connectivity index (χ3n) is 6.03. The minimum Gasteiger partial charge on any atom is -0.287 e. The molecule has 0 saturated carbocycles. The lowest BCUT2D eigenvalue weighted by Crippen LogP contribution is -2.21. The van der Waals surface area contributed by atoms with Gasteiger partial charge in [-0.15, -0.1) is 5.10 Å². The van der Waals surface area contributed by atoms with Gasteiger partial charge in [0, 0.05) is 11.4 Å². The molecule has 6 nitrogen and oxygen atoms in total. The van der Waals surface area contributed by atoms with E-state index in [0.717, 1.165) is 31.2 Å². The zero-order valence-corrected chi connectivity index (χ0v) is 17.3. The van der Waals surface area contributed by atoms with Crippen LogP contribution in [0.4, 0.5) is 0 Å². The lowest BCUT2D eigenvalue weighted by Gasteiger charge is -2.16. The van der Waals surface area contributed by atoms with Gasteiger partial charge in [0.15, 0.2) is 0 Å². The number of carbonyl (C=O) groups excluding carboxylic acids is 1. The molecule has 5 rings (SSSR count). The van der Waals surface area contributed by atoms with E-state index in [4.69, 9.17) is 0 Å². The van der Waals surface area contributed by atoms with Crippen LogP contribution in [0.15, 0.2) is 35.5 Å². The summed E-state index contributed by atoms with van der Waals surface area (Å²) in [7, 11) is 0. The Hall–Kier alpha value is -2.41. The molecular weight excluding hydrogens is 382 g/mol. The molecule has 0 N–H and O–H groups in total. The lowest BCUT2D eigenvalue weighted by molar-refractivity contribution is 0.0934. The first-order chi connectivity index (χ1) is 14.3. The van der Waals surface area contributed by atoms with Gasteiger partial charge in [-0.2, -0.15) is 0 Å². The first-order valence-electron chi connectivity index (χ1n) is 10.5. The summed E-state index contributed by atoms with van der Waals surface area (Å²) in [5, 5.41) is 12.8. The van der Waals surface area contributed by atoms with Gasteiger partial charge in [0.1, 0.15) is 0 Å². The van der Waals surface area contributed by atoms with Crippen molar-refractivity contribution in [2.45, 2.75) is 63.1 Å². The predicted octanol–water partition coefficient (Wildman–Crippen LogP) is 3.71. The van der Waals surface area contributed by atoms with Gasteiger partial charge >= 0.3 is 0 Å². The molecule has 0 radical (unpaired) electrons. The lowest BCUT2D eigenvalue weighted by atomic mass is 9.89. The van der Waals surface area contributed by atoms with Crippen LogP contribution < -0.4 is 0 Å². The Balaban J connectivity index is 1.35. The molecule has 1 aromatic carbocycles. The summed E-state index contributed by atoms with van der Waals surface area (Å²) in [6.45, 7) is 0.610. The van der Waals surface area contributed by atoms with E-state index < -0.39 is 0 Å². The van der Waals surface area contributed by atoms with E-state index in [0.29, 0.717) is 17.5 Å². The largest absolute Gasteiger partial charge is 0.287 e. The average molecular weight is 408 g/mol. The van der Waals surface area contributed by atoms with Crippen molar-refractivity contribution in [2.24, 2.45) is 0 Å². The first kappa shape index (κ1) is 18.6. The van der Waals surface area contributed by atoms with Crippen molar-refractivity contribution in [3.8, 4) is 0 Å². The second kappa shape index (κ2) is 8.14. The third kappa shape index (κ3) is 3.64. The van der Waals surface area contributed by atoms with Crippen LogP contribution in [0.1, 0.15) is 58.6 Å². The van der Waals surface area contributed by atoms with Crippen LogP contribution in [0, 0.1) is 0 Å². The zero-order valence-electron chi connectivity index (χ0n) is 16.5. The normalized spacial score (nSPS) is 15.7. The number of tetrazole rings is 1. The van der Waals surface area contributed by atoms with Gasteiger partial charge in [-0.05, 0) is 78.5 Å².